The van der Waals surface area contributed by atoms with Crippen molar-refractivity contribution in [1.82, 2.24) is 29.1 Å². The molecule has 10 atom stereocenters. The van der Waals surface area contributed by atoms with Crippen LogP contribution in [0.1, 0.15) is 37.7 Å². The van der Waals surface area contributed by atoms with Gasteiger partial charge in [0.15, 0.2) is 23.9 Å². The molecule has 260 valence electrons. The fraction of sp³-hybridized carbons (Fsp3) is 0.538. The lowest BCUT2D eigenvalue weighted by Gasteiger charge is -2.33. The van der Waals surface area contributed by atoms with Crippen molar-refractivity contribution in [3.8, 4) is 0 Å². The summed E-state index contributed by atoms with van der Waals surface area (Å²) < 4.78 is 46.2. The van der Waals surface area contributed by atoms with Gasteiger partial charge in [-0.25, -0.2) is 9.97 Å². The Morgan fingerprint density at radius 1 is 1.06 bits per heavy atom. The van der Waals surface area contributed by atoms with Crippen molar-refractivity contribution in [3.05, 3.63) is 42.3 Å². The first kappa shape index (κ1) is 34.9. The van der Waals surface area contributed by atoms with Gasteiger partial charge in [0.25, 0.3) is 0 Å². The molecule has 0 aliphatic carbocycles. The number of halogens is 1. The van der Waals surface area contributed by atoms with E-state index in [1.165, 1.54) is 6.33 Å². The first-order chi connectivity index (χ1) is 22.7. The quantitative estimate of drug-likeness (QED) is 0.128. The van der Waals surface area contributed by atoms with E-state index in [-0.39, 0.29) is 37.2 Å². The van der Waals surface area contributed by atoms with Crippen molar-refractivity contribution < 1.29 is 42.1 Å². The van der Waals surface area contributed by atoms with Crippen molar-refractivity contribution in [2.45, 2.75) is 67.2 Å². The lowest BCUT2D eigenvalue weighted by Crippen LogP contribution is -2.45. The number of rotatable bonds is 4. The van der Waals surface area contributed by atoms with Crippen LogP contribution in [0.4, 0.5) is 11.8 Å². The Labute approximate surface area is 298 Å². The summed E-state index contributed by atoms with van der Waals surface area (Å²) in [5.74, 6) is 0.0127. The zero-order chi connectivity index (χ0) is 34.2. The molecule has 0 radical (unpaired) electrons. The van der Waals surface area contributed by atoms with Crippen molar-refractivity contribution >= 4 is 88.1 Å². The molecule has 48 heavy (non-hydrogen) atoms. The smallest absolute Gasteiger partial charge is 0.325 e. The number of hydrogen-bond acceptors (Lipinski definition) is 15. The number of ether oxygens (including phenoxy) is 3. The number of anilines is 2. The number of nitrogens with zero attached hydrogens (tertiary/aromatic N) is 6. The normalized spacial score (nSPS) is 39.0. The molecule has 4 bridgehead atoms. The molecule has 4 saturated heterocycles. The summed E-state index contributed by atoms with van der Waals surface area (Å²) in [4.78, 5) is 40.0. The molecule has 7 rings (SSSR count). The van der Waals surface area contributed by atoms with Crippen molar-refractivity contribution in [2.75, 3.05) is 31.3 Å². The minimum absolute atomic E-state index is 0.000597. The number of aromatic nitrogens is 6. The van der Waals surface area contributed by atoms with Crippen molar-refractivity contribution in [1.29, 1.82) is 0 Å². The number of nitrogens with two attached hydrogens (primary N) is 2. The van der Waals surface area contributed by atoms with Gasteiger partial charge in [0, 0.05) is 5.69 Å². The third-order valence-corrected chi connectivity index (χ3v) is 13.2. The Morgan fingerprint density at radius 2 is 1.81 bits per heavy atom. The Morgan fingerprint density at radius 3 is 2.58 bits per heavy atom. The van der Waals surface area contributed by atoms with Gasteiger partial charge in [-0.05, 0) is 50.0 Å². The highest BCUT2D eigenvalue weighted by Crippen LogP contribution is 2.59. The first-order valence-corrected chi connectivity index (χ1v) is 21.1. The number of allylic oxidation sites excluding steroid dienone is 4. The second-order valence-electron chi connectivity index (χ2n) is 11.7. The summed E-state index contributed by atoms with van der Waals surface area (Å²) in [6, 6.07) is 0. The molecule has 3 aromatic heterocycles. The zero-order valence-electron chi connectivity index (χ0n) is 25.7. The SMILES string of the molecule is C/C=C/C=C(/C)c1ncn([C@@H]2O[C@@]34CO[C@@H]2[C@@H]3OP(O)(=S)OC[C@H]2O[C@@H](n3cnc5c(N)nc(N)nc53)[C@H](OP(O)(=S)OC4)[C@H]2I)c1C. The van der Waals surface area contributed by atoms with Gasteiger partial charge in [0.05, 0.1) is 48.2 Å². The van der Waals surface area contributed by atoms with Crippen LogP contribution in [0.25, 0.3) is 16.7 Å². The van der Waals surface area contributed by atoms with E-state index >= 15 is 0 Å². The van der Waals surface area contributed by atoms with Gasteiger partial charge in [-0.3, -0.25) is 13.6 Å². The Kier molecular flexibility index (Phi) is 9.41. The van der Waals surface area contributed by atoms with E-state index in [1.54, 1.807) is 10.9 Å². The van der Waals surface area contributed by atoms with Crippen LogP contribution >= 0.6 is 36.0 Å². The molecule has 4 aliphatic rings. The van der Waals surface area contributed by atoms with Gasteiger partial charge >= 0.3 is 13.4 Å². The monoisotopic (exact) mass is 854 g/mol. The standard InChI is InChI=1S/C26H33IN8O9P2S2/c1-4-5-6-12(2)16-13(3)34(10-30-16)24-19-20-26(42-24,8-38-19)9-40-46(37,48)43-18-15(27)14(7-39-45(36,47)44-20)41-23(18)35-11-31-17-21(28)32-25(29)33-22(17)35/h4-6,10-11,14-15,18-20,23-24H,7-9H2,1-3H3,(H,36,47)(H,37,48)(H4,28,29,32,33)/b5-4+,12-6-/t14-,15+,18-,19-,20+,23-,24-,26-,45?,46?/m1/s1. The molecule has 22 heteroatoms. The van der Waals surface area contributed by atoms with Gasteiger partial charge in [-0.1, -0.05) is 40.8 Å². The molecule has 0 spiro atoms. The van der Waals surface area contributed by atoms with Crippen molar-refractivity contribution in [2.24, 2.45) is 0 Å². The Bertz CT molecular complexity index is 1910. The second kappa shape index (κ2) is 12.9. The second-order valence-corrected chi connectivity index (χ2v) is 18.7. The fourth-order valence-corrected chi connectivity index (χ4v) is 10.3. The molecule has 2 unspecified atom stereocenters. The molecule has 7 heterocycles. The van der Waals surface area contributed by atoms with Crippen LogP contribution in [0.2, 0.25) is 0 Å². The fourth-order valence-electron chi connectivity index (χ4n) is 6.29. The predicted octanol–water partition coefficient (Wildman–Crippen LogP) is 2.79. The zero-order valence-corrected chi connectivity index (χ0v) is 31.3. The molecule has 3 aromatic rings. The molecule has 6 N–H and O–H groups in total. The molecule has 0 saturated carbocycles. The van der Waals surface area contributed by atoms with Gasteiger partial charge in [0.1, 0.15) is 29.4 Å². The molecular formula is C26H33IN8O9P2S2. The van der Waals surface area contributed by atoms with E-state index in [2.05, 4.69) is 42.5 Å². The Balaban J connectivity index is 1.21. The maximum atomic E-state index is 11.5. The number of alkyl halides is 1. The van der Waals surface area contributed by atoms with E-state index in [0.717, 1.165) is 17.0 Å². The maximum absolute atomic E-state index is 11.5. The summed E-state index contributed by atoms with van der Waals surface area (Å²) in [6.07, 6.45) is 3.93. The van der Waals surface area contributed by atoms with Crippen LogP contribution in [0.3, 0.4) is 0 Å². The van der Waals surface area contributed by atoms with Crippen LogP contribution in [0.15, 0.2) is 30.9 Å². The first-order valence-electron chi connectivity index (χ1n) is 14.7. The van der Waals surface area contributed by atoms with Gasteiger partial charge in [0.2, 0.25) is 5.95 Å². The molecule has 4 fully saturated rings. The summed E-state index contributed by atoms with van der Waals surface area (Å²) in [5, 5.41) is 0. The maximum Gasteiger partial charge on any atom is 0.325 e. The van der Waals surface area contributed by atoms with Gasteiger partial charge in [-0.2, -0.15) is 9.97 Å². The molecule has 0 amide bonds. The third kappa shape index (κ3) is 6.21. The highest BCUT2D eigenvalue weighted by atomic mass is 127. The van der Waals surface area contributed by atoms with Crippen LogP contribution < -0.4 is 11.5 Å². The third-order valence-electron chi connectivity index (χ3n) is 8.58. The lowest BCUT2D eigenvalue weighted by molar-refractivity contribution is -0.184. The van der Waals surface area contributed by atoms with Crippen LogP contribution in [-0.4, -0.2) is 92.6 Å². The molecular weight excluding hydrogens is 821 g/mol. The number of hydrogen-bond donors (Lipinski definition) is 4. The average Bonchev–Trinajstić information content (AvgIpc) is 3.82. The molecule has 0 aromatic carbocycles. The minimum atomic E-state index is -4.01. The minimum Gasteiger partial charge on any atom is -0.382 e. The number of imidazole rings is 2. The molecule has 17 nitrogen and oxygen atoms in total. The van der Waals surface area contributed by atoms with Gasteiger partial charge in [-0.15, -0.1) is 0 Å². The Hall–Kier alpha value is -1.49. The van der Waals surface area contributed by atoms with E-state index in [4.69, 9.17) is 67.4 Å². The lowest BCUT2D eigenvalue weighted by atomic mass is 10.0. The topological polar surface area (TPSA) is 219 Å². The van der Waals surface area contributed by atoms with Crippen molar-refractivity contribution in [3.63, 3.8) is 0 Å². The van der Waals surface area contributed by atoms with Crippen LogP contribution in [-0.2, 0) is 55.9 Å². The van der Waals surface area contributed by atoms with Crippen LogP contribution in [0, 0.1) is 6.92 Å². The molecule has 4 aliphatic heterocycles. The van der Waals surface area contributed by atoms with Crippen LogP contribution in [0.5, 0.6) is 0 Å². The summed E-state index contributed by atoms with van der Waals surface area (Å²) in [6.45, 7) is -2.62. The highest BCUT2D eigenvalue weighted by molar-refractivity contribution is 14.1. The van der Waals surface area contributed by atoms with E-state index in [1.807, 2.05) is 43.6 Å². The largest absolute Gasteiger partial charge is 0.382 e. The predicted molar refractivity (Wildman–Crippen MR) is 189 cm³/mol. The average molecular weight is 855 g/mol. The summed E-state index contributed by atoms with van der Waals surface area (Å²) in [5.41, 5.74) is 13.7. The number of nitrogen functional groups attached to an aromatic ring is 2. The van der Waals surface area contributed by atoms with E-state index in [9.17, 15) is 9.79 Å². The van der Waals surface area contributed by atoms with E-state index in [0.29, 0.717) is 5.52 Å². The van der Waals surface area contributed by atoms with Gasteiger partial charge < -0.3 is 49.1 Å². The van der Waals surface area contributed by atoms with E-state index < -0.39 is 59.8 Å². The highest BCUT2D eigenvalue weighted by Gasteiger charge is 2.65. The summed E-state index contributed by atoms with van der Waals surface area (Å²) >= 11 is 13.1. The number of fused-ring (bicyclic) bond motifs is 3. The summed E-state index contributed by atoms with van der Waals surface area (Å²) in [7, 11) is 0.